The lowest BCUT2D eigenvalue weighted by molar-refractivity contribution is 0.0877. The second-order valence-electron chi connectivity index (χ2n) is 8.29. The number of hydrogen-bond donors (Lipinski definition) is 0. The van der Waals surface area contributed by atoms with Gasteiger partial charge in [0.2, 0.25) is 0 Å². The molecule has 0 aromatic carbocycles. The van der Waals surface area contributed by atoms with Gasteiger partial charge in [-0.25, -0.2) is 0 Å². The van der Waals surface area contributed by atoms with Crippen LogP contribution in [-0.4, -0.2) is 0 Å². The maximum absolute atomic E-state index is 2.59. The molecule has 6 atom stereocenters. The van der Waals surface area contributed by atoms with E-state index in [1.165, 1.54) is 38.5 Å². The minimum absolute atomic E-state index is 0.913. The van der Waals surface area contributed by atoms with Gasteiger partial charge in [-0.05, 0) is 73.0 Å². The Kier molecular flexibility index (Phi) is 5.60. The fraction of sp³-hybridized carbons (Fsp3) is 1.00. The molecule has 0 nitrogen and oxygen atoms in total. The molecule has 6 unspecified atom stereocenters. The van der Waals surface area contributed by atoms with Crippen LogP contribution in [0.25, 0.3) is 0 Å². The highest BCUT2D eigenvalue weighted by atomic mass is 14.5. The fourth-order valence-corrected chi connectivity index (χ4v) is 4.89. The first kappa shape index (κ1) is 16.4. The van der Waals surface area contributed by atoms with Crippen molar-refractivity contribution in [2.45, 2.75) is 80.1 Å². The Morgan fingerprint density at radius 1 is 0.750 bits per heavy atom. The van der Waals surface area contributed by atoms with Crippen LogP contribution in [0.15, 0.2) is 0 Å². The molecule has 0 aromatic rings. The van der Waals surface area contributed by atoms with E-state index in [0.29, 0.717) is 0 Å². The summed E-state index contributed by atoms with van der Waals surface area (Å²) in [4.78, 5) is 0. The van der Waals surface area contributed by atoms with Crippen LogP contribution >= 0.6 is 0 Å². The van der Waals surface area contributed by atoms with Crippen molar-refractivity contribution < 1.29 is 0 Å². The average molecular weight is 279 g/mol. The SMILES string of the molecule is CCC(C)C(CC)C(C1CC1)C(C)C(C)C(C)C1CC1. The molecule has 118 valence electrons. The van der Waals surface area contributed by atoms with Crippen molar-refractivity contribution in [2.75, 3.05) is 0 Å². The molecule has 0 amide bonds. The molecule has 0 bridgehead atoms. The van der Waals surface area contributed by atoms with Crippen molar-refractivity contribution in [3.05, 3.63) is 0 Å². The monoisotopic (exact) mass is 278 g/mol. The second kappa shape index (κ2) is 6.84. The van der Waals surface area contributed by atoms with Crippen molar-refractivity contribution >= 4 is 0 Å². The normalized spacial score (nSPS) is 28.5. The molecule has 2 fully saturated rings. The highest BCUT2D eigenvalue weighted by molar-refractivity contribution is 4.93. The summed E-state index contributed by atoms with van der Waals surface area (Å²) >= 11 is 0. The standard InChI is InChI=1S/C20H38/c1-7-13(3)19(8-2)20(18-11-12-18)16(6)14(4)15(5)17-9-10-17/h13-20H,7-12H2,1-6H3. The van der Waals surface area contributed by atoms with Crippen molar-refractivity contribution in [1.82, 2.24) is 0 Å². The van der Waals surface area contributed by atoms with Crippen molar-refractivity contribution in [3.8, 4) is 0 Å². The lowest BCUT2D eigenvalue weighted by atomic mass is 9.65. The van der Waals surface area contributed by atoms with Gasteiger partial charge in [-0.15, -0.1) is 0 Å². The lowest BCUT2D eigenvalue weighted by Gasteiger charge is -2.40. The minimum Gasteiger partial charge on any atom is -0.0651 e. The van der Waals surface area contributed by atoms with Crippen LogP contribution in [0, 0.1) is 47.3 Å². The number of hydrogen-bond acceptors (Lipinski definition) is 0. The first-order valence-corrected chi connectivity index (χ1v) is 9.51. The van der Waals surface area contributed by atoms with Crippen molar-refractivity contribution in [2.24, 2.45) is 47.3 Å². The topological polar surface area (TPSA) is 0 Å². The third kappa shape index (κ3) is 3.60. The van der Waals surface area contributed by atoms with E-state index < -0.39 is 0 Å². The summed E-state index contributed by atoms with van der Waals surface area (Å²) in [5.41, 5.74) is 0. The highest BCUT2D eigenvalue weighted by Crippen LogP contribution is 2.52. The molecule has 0 aromatic heterocycles. The molecule has 0 radical (unpaired) electrons. The quantitative estimate of drug-likeness (QED) is 0.457. The molecular formula is C20H38. The van der Waals surface area contributed by atoms with E-state index in [4.69, 9.17) is 0 Å². The van der Waals surface area contributed by atoms with Crippen LogP contribution in [0.3, 0.4) is 0 Å². The summed E-state index contributed by atoms with van der Waals surface area (Å²) in [5.74, 6) is 7.83. The first-order chi connectivity index (χ1) is 9.51. The van der Waals surface area contributed by atoms with E-state index in [0.717, 1.165) is 47.3 Å². The minimum atomic E-state index is 0.913. The average Bonchev–Trinajstić information content (AvgIpc) is 3.31. The molecule has 0 spiro atoms. The van der Waals surface area contributed by atoms with Gasteiger partial charge in [0.05, 0.1) is 0 Å². The summed E-state index contributed by atoms with van der Waals surface area (Å²) < 4.78 is 0. The van der Waals surface area contributed by atoms with Crippen LogP contribution in [0.2, 0.25) is 0 Å². The Morgan fingerprint density at radius 2 is 1.30 bits per heavy atom. The maximum atomic E-state index is 2.59. The van der Waals surface area contributed by atoms with E-state index in [1.54, 1.807) is 0 Å². The largest absolute Gasteiger partial charge is 0.0651 e. The third-order valence-electron chi connectivity index (χ3n) is 7.14. The van der Waals surface area contributed by atoms with Gasteiger partial charge in [-0.3, -0.25) is 0 Å². The third-order valence-corrected chi connectivity index (χ3v) is 7.14. The zero-order chi connectivity index (χ0) is 14.9. The Morgan fingerprint density at radius 3 is 1.70 bits per heavy atom. The van der Waals surface area contributed by atoms with Gasteiger partial charge in [-0.1, -0.05) is 54.4 Å². The summed E-state index contributed by atoms with van der Waals surface area (Å²) in [6.45, 7) is 15.0. The van der Waals surface area contributed by atoms with Gasteiger partial charge in [0.25, 0.3) is 0 Å². The molecule has 2 saturated carbocycles. The predicted molar refractivity (Wildman–Crippen MR) is 89.7 cm³/mol. The van der Waals surface area contributed by atoms with Crippen molar-refractivity contribution in [3.63, 3.8) is 0 Å². The molecule has 2 rings (SSSR count). The zero-order valence-electron chi connectivity index (χ0n) is 14.9. The lowest BCUT2D eigenvalue weighted by Crippen LogP contribution is -2.33. The second-order valence-corrected chi connectivity index (χ2v) is 8.29. The van der Waals surface area contributed by atoms with Gasteiger partial charge in [0, 0.05) is 0 Å². The van der Waals surface area contributed by atoms with Crippen LogP contribution < -0.4 is 0 Å². The Balaban J connectivity index is 2.05. The molecule has 0 heterocycles. The highest BCUT2D eigenvalue weighted by Gasteiger charge is 2.44. The molecule has 0 saturated heterocycles. The maximum Gasteiger partial charge on any atom is -0.0327 e. The molecular weight excluding hydrogens is 240 g/mol. The van der Waals surface area contributed by atoms with Gasteiger partial charge >= 0.3 is 0 Å². The fourth-order valence-electron chi connectivity index (χ4n) is 4.89. The van der Waals surface area contributed by atoms with Gasteiger partial charge in [0.1, 0.15) is 0 Å². The molecule has 2 aliphatic carbocycles. The molecule has 0 N–H and O–H groups in total. The molecule has 20 heavy (non-hydrogen) atoms. The summed E-state index contributed by atoms with van der Waals surface area (Å²) in [5, 5.41) is 0. The van der Waals surface area contributed by atoms with Crippen LogP contribution in [-0.2, 0) is 0 Å². The van der Waals surface area contributed by atoms with Gasteiger partial charge < -0.3 is 0 Å². The van der Waals surface area contributed by atoms with Crippen LogP contribution in [0.5, 0.6) is 0 Å². The van der Waals surface area contributed by atoms with Crippen LogP contribution in [0.1, 0.15) is 80.1 Å². The Labute approximate surface area is 128 Å². The van der Waals surface area contributed by atoms with E-state index in [1.807, 2.05) is 0 Å². The smallest absolute Gasteiger partial charge is 0.0327 e. The van der Waals surface area contributed by atoms with E-state index in [2.05, 4.69) is 41.5 Å². The first-order valence-electron chi connectivity index (χ1n) is 9.51. The summed E-state index contributed by atoms with van der Waals surface area (Å²) in [7, 11) is 0. The molecule has 0 heteroatoms. The van der Waals surface area contributed by atoms with E-state index >= 15 is 0 Å². The zero-order valence-corrected chi connectivity index (χ0v) is 14.9. The van der Waals surface area contributed by atoms with Gasteiger partial charge in [-0.2, -0.15) is 0 Å². The van der Waals surface area contributed by atoms with Crippen LogP contribution in [0.4, 0.5) is 0 Å². The van der Waals surface area contributed by atoms with Crippen molar-refractivity contribution in [1.29, 1.82) is 0 Å². The Hall–Kier alpha value is 0. The predicted octanol–water partition coefficient (Wildman–Crippen LogP) is 6.40. The molecule has 2 aliphatic rings. The van der Waals surface area contributed by atoms with Gasteiger partial charge in [0.15, 0.2) is 0 Å². The Bertz CT molecular complexity index is 286. The van der Waals surface area contributed by atoms with E-state index in [9.17, 15) is 0 Å². The van der Waals surface area contributed by atoms with E-state index in [-0.39, 0.29) is 0 Å². The summed E-state index contributed by atoms with van der Waals surface area (Å²) in [6.07, 6.45) is 8.81. The number of rotatable bonds is 9. The summed E-state index contributed by atoms with van der Waals surface area (Å²) in [6, 6.07) is 0. The molecule has 0 aliphatic heterocycles.